The zero-order valence-corrected chi connectivity index (χ0v) is 8.92. The fraction of sp³-hybridized carbons (Fsp3) is 0.100. The average molecular weight is 220 g/mol. The third-order valence-corrected chi connectivity index (χ3v) is 2.86. The number of nitrogens with zero attached hydrogens (tertiary/aromatic N) is 1. The minimum absolute atomic E-state index is 0.367. The summed E-state index contributed by atoms with van der Waals surface area (Å²) in [5.74, 6) is 1.11. The fourth-order valence-corrected chi connectivity index (χ4v) is 1.82. The highest BCUT2D eigenvalue weighted by molar-refractivity contribution is 7.09. The Labute approximate surface area is 91.9 Å². The van der Waals surface area contributed by atoms with Crippen LogP contribution in [0.1, 0.15) is 4.88 Å². The molecule has 0 saturated carbocycles. The molecule has 2 aromatic heterocycles. The Kier molecular flexibility index (Phi) is 2.73. The van der Waals surface area contributed by atoms with E-state index in [4.69, 9.17) is 11.5 Å². The summed E-state index contributed by atoms with van der Waals surface area (Å²) in [6, 6.07) is 7.66. The maximum Gasteiger partial charge on any atom is 0.149 e. The smallest absolute Gasteiger partial charge is 0.149 e. The van der Waals surface area contributed by atoms with Crippen molar-refractivity contribution in [2.24, 2.45) is 0 Å². The van der Waals surface area contributed by atoms with Gasteiger partial charge in [0.2, 0.25) is 0 Å². The van der Waals surface area contributed by atoms with Crippen LogP contribution in [0, 0.1) is 0 Å². The number of pyridine rings is 1. The molecule has 0 atom stereocenters. The quantitative estimate of drug-likeness (QED) is 0.738. The van der Waals surface area contributed by atoms with Gasteiger partial charge in [-0.15, -0.1) is 11.3 Å². The second-order valence-corrected chi connectivity index (χ2v) is 4.14. The van der Waals surface area contributed by atoms with E-state index in [1.165, 1.54) is 4.88 Å². The Hall–Kier alpha value is -1.75. The van der Waals surface area contributed by atoms with Gasteiger partial charge in [-0.2, -0.15) is 0 Å². The number of anilines is 3. The highest BCUT2D eigenvalue weighted by Gasteiger charge is 1.99. The number of rotatable bonds is 3. The summed E-state index contributed by atoms with van der Waals surface area (Å²) in [6.07, 6.45) is 0. The first-order chi connectivity index (χ1) is 7.25. The number of hydrogen-bond donors (Lipinski definition) is 3. The molecule has 0 aromatic carbocycles. The normalized spacial score (nSPS) is 10.1. The van der Waals surface area contributed by atoms with Crippen LogP contribution in [-0.2, 0) is 6.54 Å². The van der Waals surface area contributed by atoms with E-state index < -0.39 is 0 Å². The molecule has 0 aliphatic rings. The lowest BCUT2D eigenvalue weighted by Gasteiger charge is -2.05. The van der Waals surface area contributed by atoms with Crippen LogP contribution in [0.3, 0.4) is 0 Å². The van der Waals surface area contributed by atoms with E-state index in [0.717, 1.165) is 12.4 Å². The van der Waals surface area contributed by atoms with Crippen LogP contribution in [0.2, 0.25) is 0 Å². The minimum Gasteiger partial charge on any atom is -0.396 e. The monoisotopic (exact) mass is 220 g/mol. The van der Waals surface area contributed by atoms with Gasteiger partial charge in [-0.1, -0.05) is 6.07 Å². The van der Waals surface area contributed by atoms with Crippen molar-refractivity contribution in [3.63, 3.8) is 0 Å². The Morgan fingerprint density at radius 2 is 2.13 bits per heavy atom. The van der Waals surface area contributed by atoms with E-state index in [1.54, 1.807) is 17.4 Å². The summed E-state index contributed by atoms with van der Waals surface area (Å²) in [4.78, 5) is 5.38. The molecular weight excluding hydrogens is 208 g/mol. The molecule has 15 heavy (non-hydrogen) atoms. The summed E-state index contributed by atoms with van der Waals surface area (Å²) in [7, 11) is 0. The van der Waals surface area contributed by atoms with Crippen molar-refractivity contribution in [3.8, 4) is 0 Å². The summed E-state index contributed by atoms with van der Waals surface area (Å²) in [6.45, 7) is 0.758. The van der Waals surface area contributed by atoms with Crippen LogP contribution in [0.15, 0.2) is 29.6 Å². The third-order valence-electron chi connectivity index (χ3n) is 1.98. The summed E-state index contributed by atoms with van der Waals surface area (Å²) in [5, 5.41) is 5.22. The van der Waals surface area contributed by atoms with Crippen molar-refractivity contribution in [2.45, 2.75) is 6.54 Å². The molecule has 0 aliphatic heterocycles. The number of hydrogen-bond acceptors (Lipinski definition) is 5. The predicted molar refractivity (Wildman–Crippen MR) is 64.7 cm³/mol. The molecule has 0 amide bonds. The number of thiophene rings is 1. The van der Waals surface area contributed by atoms with Crippen LogP contribution < -0.4 is 16.8 Å². The molecule has 78 valence electrons. The second-order valence-electron chi connectivity index (χ2n) is 3.10. The van der Waals surface area contributed by atoms with Crippen molar-refractivity contribution in [1.29, 1.82) is 0 Å². The van der Waals surface area contributed by atoms with Crippen LogP contribution in [0.4, 0.5) is 17.3 Å². The molecule has 4 nitrogen and oxygen atoms in total. The molecule has 0 spiro atoms. The standard InChI is InChI=1S/C10H12N4S/c11-8-3-4-9(14-10(8)12)13-6-7-2-1-5-15-7/h1-5H,6,11H2,(H3,12,13,14). The lowest BCUT2D eigenvalue weighted by atomic mass is 10.4. The van der Waals surface area contributed by atoms with Crippen molar-refractivity contribution < 1.29 is 0 Å². The zero-order chi connectivity index (χ0) is 10.7. The molecule has 0 bridgehead atoms. The average Bonchev–Trinajstić information content (AvgIpc) is 2.73. The van der Waals surface area contributed by atoms with Crippen molar-refractivity contribution in [2.75, 3.05) is 16.8 Å². The summed E-state index contributed by atoms with van der Waals surface area (Å²) >= 11 is 1.70. The number of nitrogen functional groups attached to an aromatic ring is 2. The van der Waals surface area contributed by atoms with Gasteiger partial charge in [0, 0.05) is 4.88 Å². The van der Waals surface area contributed by atoms with Crippen molar-refractivity contribution in [3.05, 3.63) is 34.5 Å². The number of nitrogens with one attached hydrogen (secondary N) is 1. The molecule has 0 unspecified atom stereocenters. The third kappa shape index (κ3) is 2.38. The maximum atomic E-state index is 5.60. The van der Waals surface area contributed by atoms with Gasteiger partial charge in [0.05, 0.1) is 12.2 Å². The molecule has 0 aliphatic carbocycles. The Balaban J connectivity index is 2.02. The lowest BCUT2D eigenvalue weighted by Crippen LogP contribution is -2.03. The molecular formula is C10H12N4S. The first-order valence-electron chi connectivity index (χ1n) is 4.54. The minimum atomic E-state index is 0.367. The molecule has 2 heterocycles. The van der Waals surface area contributed by atoms with Gasteiger partial charge in [-0.25, -0.2) is 4.98 Å². The van der Waals surface area contributed by atoms with Crippen LogP contribution in [-0.4, -0.2) is 4.98 Å². The summed E-state index contributed by atoms with van der Waals surface area (Å²) < 4.78 is 0. The van der Waals surface area contributed by atoms with Gasteiger partial charge in [0.25, 0.3) is 0 Å². The lowest BCUT2D eigenvalue weighted by molar-refractivity contribution is 1.15. The highest BCUT2D eigenvalue weighted by Crippen LogP contribution is 2.16. The largest absolute Gasteiger partial charge is 0.396 e. The van der Waals surface area contributed by atoms with E-state index in [-0.39, 0.29) is 0 Å². The first kappa shape index (κ1) is 9.79. The second kappa shape index (κ2) is 4.18. The van der Waals surface area contributed by atoms with E-state index in [9.17, 15) is 0 Å². The molecule has 0 radical (unpaired) electrons. The van der Waals surface area contributed by atoms with Crippen LogP contribution >= 0.6 is 11.3 Å². The molecule has 0 saturated heterocycles. The fourth-order valence-electron chi connectivity index (χ4n) is 1.17. The molecule has 2 aromatic rings. The SMILES string of the molecule is Nc1ccc(NCc2cccs2)nc1N. The molecule has 5 N–H and O–H groups in total. The van der Waals surface area contributed by atoms with Gasteiger partial charge < -0.3 is 16.8 Å². The zero-order valence-electron chi connectivity index (χ0n) is 8.10. The Morgan fingerprint density at radius 1 is 1.27 bits per heavy atom. The van der Waals surface area contributed by atoms with Gasteiger partial charge in [0.15, 0.2) is 0 Å². The molecule has 0 fully saturated rings. The molecule has 5 heteroatoms. The van der Waals surface area contributed by atoms with Crippen LogP contribution in [0.25, 0.3) is 0 Å². The van der Waals surface area contributed by atoms with Gasteiger partial charge in [-0.3, -0.25) is 0 Å². The van der Waals surface area contributed by atoms with Crippen molar-refractivity contribution in [1.82, 2.24) is 4.98 Å². The topological polar surface area (TPSA) is 77.0 Å². The highest BCUT2D eigenvalue weighted by atomic mass is 32.1. The Bertz CT molecular complexity index is 439. The van der Waals surface area contributed by atoms with Gasteiger partial charge in [-0.05, 0) is 23.6 Å². The van der Waals surface area contributed by atoms with E-state index in [0.29, 0.717) is 11.5 Å². The number of nitrogens with two attached hydrogens (primary N) is 2. The molecule has 2 rings (SSSR count). The van der Waals surface area contributed by atoms with Crippen molar-refractivity contribution >= 4 is 28.7 Å². The Morgan fingerprint density at radius 3 is 2.80 bits per heavy atom. The van der Waals surface area contributed by atoms with Gasteiger partial charge in [0.1, 0.15) is 11.6 Å². The number of aromatic nitrogens is 1. The first-order valence-corrected chi connectivity index (χ1v) is 5.42. The van der Waals surface area contributed by atoms with Crippen LogP contribution in [0.5, 0.6) is 0 Å². The van der Waals surface area contributed by atoms with Gasteiger partial charge >= 0.3 is 0 Å². The van der Waals surface area contributed by atoms with E-state index in [1.807, 2.05) is 17.5 Å². The maximum absolute atomic E-state index is 5.60. The predicted octanol–water partition coefficient (Wildman–Crippen LogP) is 1.92. The summed E-state index contributed by atoms with van der Waals surface area (Å²) in [5.41, 5.74) is 11.7. The van der Waals surface area contributed by atoms with E-state index >= 15 is 0 Å². The van der Waals surface area contributed by atoms with E-state index in [2.05, 4.69) is 16.4 Å².